The Morgan fingerprint density at radius 3 is 3.10 bits per heavy atom. The second kappa shape index (κ2) is 5.89. The highest BCUT2D eigenvalue weighted by Gasteiger charge is 2.31. The van der Waals surface area contributed by atoms with Crippen LogP contribution >= 0.6 is 0 Å². The molecule has 2 unspecified atom stereocenters. The van der Waals surface area contributed by atoms with Crippen LogP contribution in [0.5, 0.6) is 0 Å². The first-order valence-electron chi connectivity index (χ1n) is 7.43. The minimum atomic E-state index is -0.333. The Labute approximate surface area is 119 Å². The fourth-order valence-electron chi connectivity index (χ4n) is 3.45. The number of nitrogens with one attached hydrogen (secondary N) is 1. The molecule has 0 aromatic heterocycles. The summed E-state index contributed by atoms with van der Waals surface area (Å²) in [6, 6.07) is 8.22. The summed E-state index contributed by atoms with van der Waals surface area (Å²) in [5.41, 5.74) is 1.17. The topological polar surface area (TPSA) is 58.4 Å². The van der Waals surface area contributed by atoms with Crippen molar-refractivity contribution in [3.8, 4) is 0 Å². The Morgan fingerprint density at radius 2 is 2.25 bits per heavy atom. The van der Waals surface area contributed by atoms with Gasteiger partial charge >= 0.3 is 0 Å². The molecule has 108 valence electrons. The lowest BCUT2D eigenvalue weighted by atomic mass is 9.97. The van der Waals surface area contributed by atoms with Crippen LogP contribution in [0.15, 0.2) is 24.3 Å². The van der Waals surface area contributed by atoms with E-state index >= 15 is 0 Å². The molecule has 1 aromatic carbocycles. The lowest BCUT2D eigenvalue weighted by Crippen LogP contribution is -2.45. The van der Waals surface area contributed by atoms with Gasteiger partial charge in [0.1, 0.15) is 0 Å². The Kier molecular flexibility index (Phi) is 3.98. The number of rotatable bonds is 4. The number of nitro groups is 1. The number of hydrogen-bond donors (Lipinski definition) is 1. The molecule has 5 heteroatoms. The Hall–Kier alpha value is -1.46. The number of benzene rings is 1. The monoisotopic (exact) mass is 275 g/mol. The highest BCUT2D eigenvalue weighted by Crippen LogP contribution is 2.27. The summed E-state index contributed by atoms with van der Waals surface area (Å²) in [5.74, 6) is 0. The molecule has 20 heavy (non-hydrogen) atoms. The van der Waals surface area contributed by atoms with Crippen molar-refractivity contribution in [3.05, 3.63) is 39.9 Å². The third-order valence-corrected chi connectivity index (χ3v) is 4.54. The van der Waals surface area contributed by atoms with Gasteiger partial charge in [-0.3, -0.25) is 10.1 Å². The second-order valence-corrected chi connectivity index (χ2v) is 5.86. The van der Waals surface area contributed by atoms with Gasteiger partial charge in [0.25, 0.3) is 5.69 Å². The predicted octanol–water partition coefficient (Wildman–Crippen LogP) is 2.31. The molecule has 3 rings (SSSR count). The first-order chi connectivity index (χ1) is 9.72. The number of nitrogens with zero attached hydrogens (tertiary/aromatic N) is 2. The van der Waals surface area contributed by atoms with E-state index in [-0.39, 0.29) is 10.6 Å². The van der Waals surface area contributed by atoms with Crippen LogP contribution in [-0.4, -0.2) is 35.0 Å². The Balaban J connectivity index is 1.54. The minimum Gasteiger partial charge on any atom is -0.310 e. The molecule has 0 radical (unpaired) electrons. The van der Waals surface area contributed by atoms with Crippen molar-refractivity contribution in [2.45, 2.75) is 44.3 Å². The average molecular weight is 275 g/mol. The zero-order valence-electron chi connectivity index (χ0n) is 11.6. The largest absolute Gasteiger partial charge is 0.310 e. The molecular formula is C15H21N3O2. The fraction of sp³-hybridized carbons (Fsp3) is 0.600. The van der Waals surface area contributed by atoms with Gasteiger partial charge in [-0.05, 0) is 44.3 Å². The highest BCUT2D eigenvalue weighted by molar-refractivity contribution is 5.34. The zero-order chi connectivity index (χ0) is 13.9. The van der Waals surface area contributed by atoms with Gasteiger partial charge in [-0.25, -0.2) is 0 Å². The molecule has 0 amide bonds. The van der Waals surface area contributed by atoms with Crippen LogP contribution in [0.1, 0.15) is 31.2 Å². The lowest BCUT2D eigenvalue weighted by molar-refractivity contribution is -0.384. The molecule has 2 atom stereocenters. The molecule has 0 saturated carbocycles. The van der Waals surface area contributed by atoms with Crippen molar-refractivity contribution in [2.75, 3.05) is 13.1 Å². The second-order valence-electron chi connectivity index (χ2n) is 5.86. The Morgan fingerprint density at radius 1 is 1.35 bits per heavy atom. The van der Waals surface area contributed by atoms with Gasteiger partial charge in [0, 0.05) is 30.8 Å². The van der Waals surface area contributed by atoms with Gasteiger partial charge in [-0.15, -0.1) is 0 Å². The molecule has 5 nitrogen and oxygen atoms in total. The SMILES string of the molecule is O=[N+]([O-])c1cccc(CNC2CCN3CCCC3C2)c1. The summed E-state index contributed by atoms with van der Waals surface area (Å²) in [4.78, 5) is 13.0. The molecule has 1 N–H and O–H groups in total. The van der Waals surface area contributed by atoms with E-state index in [2.05, 4.69) is 10.2 Å². The van der Waals surface area contributed by atoms with Crippen LogP contribution < -0.4 is 5.32 Å². The van der Waals surface area contributed by atoms with Crippen molar-refractivity contribution < 1.29 is 4.92 Å². The standard InChI is InChI=1S/C15H21N3O2/c19-18(20)15-4-1-3-12(9-15)11-16-13-6-8-17-7-2-5-14(17)10-13/h1,3-4,9,13-14,16H,2,5-8,10-11H2. The lowest BCUT2D eigenvalue weighted by Gasteiger charge is -2.35. The highest BCUT2D eigenvalue weighted by atomic mass is 16.6. The van der Waals surface area contributed by atoms with Crippen molar-refractivity contribution in [1.82, 2.24) is 10.2 Å². The van der Waals surface area contributed by atoms with Gasteiger partial charge in [-0.1, -0.05) is 12.1 Å². The molecule has 0 spiro atoms. The molecule has 1 aromatic rings. The van der Waals surface area contributed by atoms with Crippen LogP contribution in [0.2, 0.25) is 0 Å². The molecule has 2 saturated heterocycles. The summed E-state index contributed by atoms with van der Waals surface area (Å²) in [7, 11) is 0. The zero-order valence-corrected chi connectivity index (χ0v) is 11.6. The molecule has 2 heterocycles. The number of non-ortho nitro benzene ring substituents is 1. The van der Waals surface area contributed by atoms with E-state index in [0.29, 0.717) is 6.04 Å². The normalized spacial score (nSPS) is 26.4. The van der Waals surface area contributed by atoms with Crippen molar-refractivity contribution in [2.24, 2.45) is 0 Å². The van der Waals surface area contributed by atoms with E-state index in [1.807, 2.05) is 6.07 Å². The van der Waals surface area contributed by atoms with E-state index in [1.54, 1.807) is 18.2 Å². The van der Waals surface area contributed by atoms with Crippen LogP contribution in [-0.2, 0) is 6.54 Å². The number of nitro benzene ring substituents is 1. The van der Waals surface area contributed by atoms with Gasteiger partial charge in [0.2, 0.25) is 0 Å². The number of hydrogen-bond acceptors (Lipinski definition) is 4. The van der Waals surface area contributed by atoms with Crippen LogP contribution in [0.25, 0.3) is 0 Å². The maximum Gasteiger partial charge on any atom is 0.269 e. The number of piperidine rings is 1. The average Bonchev–Trinajstić information content (AvgIpc) is 2.93. The third-order valence-electron chi connectivity index (χ3n) is 4.54. The van der Waals surface area contributed by atoms with Gasteiger partial charge in [0.05, 0.1) is 4.92 Å². The minimum absolute atomic E-state index is 0.176. The summed E-state index contributed by atoms with van der Waals surface area (Å²) in [6.07, 6.45) is 5.07. The third kappa shape index (κ3) is 2.99. The predicted molar refractivity (Wildman–Crippen MR) is 77.6 cm³/mol. The Bertz CT molecular complexity index is 492. The first-order valence-corrected chi connectivity index (χ1v) is 7.43. The molecule has 0 aliphatic carbocycles. The van der Waals surface area contributed by atoms with Crippen LogP contribution in [0.4, 0.5) is 5.69 Å². The maximum atomic E-state index is 10.8. The summed E-state index contributed by atoms with van der Waals surface area (Å²) >= 11 is 0. The first kappa shape index (κ1) is 13.5. The van der Waals surface area contributed by atoms with Gasteiger partial charge in [-0.2, -0.15) is 0 Å². The summed E-state index contributed by atoms with van der Waals surface area (Å²) in [5, 5.41) is 14.3. The van der Waals surface area contributed by atoms with E-state index in [0.717, 1.165) is 18.2 Å². The molecule has 2 fully saturated rings. The van der Waals surface area contributed by atoms with Crippen molar-refractivity contribution in [1.29, 1.82) is 0 Å². The van der Waals surface area contributed by atoms with Crippen molar-refractivity contribution in [3.63, 3.8) is 0 Å². The van der Waals surface area contributed by atoms with E-state index in [4.69, 9.17) is 0 Å². The number of fused-ring (bicyclic) bond motifs is 1. The van der Waals surface area contributed by atoms with Crippen LogP contribution in [0, 0.1) is 10.1 Å². The smallest absolute Gasteiger partial charge is 0.269 e. The molecule has 2 aliphatic heterocycles. The maximum absolute atomic E-state index is 10.8. The quantitative estimate of drug-likeness (QED) is 0.676. The van der Waals surface area contributed by atoms with E-state index in [9.17, 15) is 10.1 Å². The van der Waals surface area contributed by atoms with Gasteiger partial charge < -0.3 is 10.2 Å². The van der Waals surface area contributed by atoms with Crippen molar-refractivity contribution >= 4 is 5.69 Å². The van der Waals surface area contributed by atoms with E-state index in [1.165, 1.54) is 38.8 Å². The fourth-order valence-corrected chi connectivity index (χ4v) is 3.45. The summed E-state index contributed by atoms with van der Waals surface area (Å²) < 4.78 is 0. The molecular weight excluding hydrogens is 254 g/mol. The van der Waals surface area contributed by atoms with E-state index < -0.39 is 0 Å². The molecule has 2 aliphatic rings. The van der Waals surface area contributed by atoms with Crippen LogP contribution in [0.3, 0.4) is 0 Å². The molecule has 0 bridgehead atoms. The van der Waals surface area contributed by atoms with Gasteiger partial charge in [0.15, 0.2) is 0 Å². The summed E-state index contributed by atoms with van der Waals surface area (Å²) in [6.45, 7) is 3.18.